The minimum atomic E-state index is -5.16. The second-order valence-electron chi connectivity index (χ2n) is 6.95. The number of nitrogens with one attached hydrogen (secondary N) is 1. The molecule has 1 aliphatic heterocycles. The Morgan fingerprint density at radius 3 is 2.43 bits per heavy atom. The van der Waals surface area contributed by atoms with E-state index >= 15 is 0 Å². The first-order valence-corrected chi connectivity index (χ1v) is 9.79. The molecule has 1 aromatic heterocycles. The molecule has 3 N–H and O–H groups in total. The molecule has 2 aromatic rings. The number of anilines is 1. The lowest BCUT2D eigenvalue weighted by molar-refractivity contribution is -0.189. The van der Waals surface area contributed by atoms with E-state index < -0.39 is 18.2 Å². The molecule has 6 nitrogen and oxygen atoms in total. The molecule has 0 radical (unpaired) electrons. The van der Waals surface area contributed by atoms with Crippen molar-refractivity contribution in [1.29, 1.82) is 0 Å². The molecule has 30 heavy (non-hydrogen) atoms. The lowest BCUT2D eigenvalue weighted by Crippen LogP contribution is -2.38. The summed E-state index contributed by atoms with van der Waals surface area (Å²) in [6, 6.07) is 4.95. The predicted octanol–water partition coefficient (Wildman–Crippen LogP) is 4.07. The van der Waals surface area contributed by atoms with Crippen molar-refractivity contribution in [1.82, 2.24) is 4.98 Å². The molecule has 0 spiro atoms. The van der Waals surface area contributed by atoms with Gasteiger partial charge in [-0.2, -0.15) is 13.2 Å². The first kappa shape index (κ1) is 22.5. The van der Waals surface area contributed by atoms with Gasteiger partial charge in [0.15, 0.2) is 0 Å². The number of aromatic amines is 1. The van der Waals surface area contributed by atoms with E-state index in [9.17, 15) is 22.8 Å². The van der Waals surface area contributed by atoms with Crippen LogP contribution in [-0.2, 0) is 4.79 Å². The Morgan fingerprint density at radius 1 is 1.20 bits per heavy atom. The summed E-state index contributed by atoms with van der Waals surface area (Å²) >= 11 is 11.9. The Hall–Kier alpha value is -2.23. The van der Waals surface area contributed by atoms with Crippen molar-refractivity contribution in [2.45, 2.75) is 25.1 Å². The smallest absolute Gasteiger partial charge is 0.419 e. The summed E-state index contributed by atoms with van der Waals surface area (Å²) in [5, 5.41) is 0.0385. The van der Waals surface area contributed by atoms with Crippen molar-refractivity contribution >= 4 is 34.9 Å². The SMILES string of the molecule is N[C@@H](c1cc(Cl)c(Cl)cc1OC(=O)C(F)(F)F)C1CCN(c2cc[nH]c(=O)c2)CC1. The number of carbonyl (C=O) groups excluding carboxylic acids is 1. The first-order valence-electron chi connectivity index (χ1n) is 9.03. The molecular weight excluding hydrogens is 446 g/mol. The predicted molar refractivity (Wildman–Crippen MR) is 107 cm³/mol. The lowest BCUT2D eigenvalue weighted by atomic mass is 9.85. The Bertz CT molecular complexity index is 989. The molecule has 1 aliphatic rings. The number of alkyl halides is 3. The largest absolute Gasteiger partial charge is 0.491 e. The van der Waals surface area contributed by atoms with E-state index in [0.717, 1.165) is 11.8 Å². The number of hydrogen-bond acceptors (Lipinski definition) is 5. The van der Waals surface area contributed by atoms with Crippen LogP contribution in [0.4, 0.5) is 18.9 Å². The maximum atomic E-state index is 12.6. The van der Waals surface area contributed by atoms with Crippen LogP contribution in [0.15, 0.2) is 35.3 Å². The summed E-state index contributed by atoms with van der Waals surface area (Å²) in [5.74, 6) is -2.83. The second-order valence-corrected chi connectivity index (χ2v) is 7.77. The number of benzene rings is 1. The van der Waals surface area contributed by atoms with E-state index in [-0.39, 0.29) is 32.8 Å². The monoisotopic (exact) mass is 463 g/mol. The van der Waals surface area contributed by atoms with Gasteiger partial charge in [-0.1, -0.05) is 23.2 Å². The number of rotatable bonds is 4. The fourth-order valence-corrected chi connectivity index (χ4v) is 3.78. The molecule has 1 aromatic carbocycles. The number of hydrogen-bond donors (Lipinski definition) is 2. The summed E-state index contributed by atoms with van der Waals surface area (Å²) < 4.78 is 42.4. The van der Waals surface area contributed by atoms with Gasteiger partial charge in [0.2, 0.25) is 5.56 Å². The van der Waals surface area contributed by atoms with E-state index in [0.29, 0.717) is 25.9 Å². The molecule has 0 aliphatic carbocycles. The number of nitrogens with zero attached hydrogens (tertiary/aromatic N) is 1. The molecule has 162 valence electrons. The standard InChI is InChI=1S/C19H18Cl2F3N3O3/c20-13-8-12(15(9-14(13)21)30-18(29)19(22,23)24)17(25)10-2-5-27(6-3-10)11-1-4-26-16(28)7-11/h1,4,7-10,17H,2-3,5-6,25H2,(H,26,28)/t17-/m1/s1. The van der Waals surface area contributed by atoms with Gasteiger partial charge < -0.3 is 20.4 Å². The minimum Gasteiger partial charge on any atom is -0.419 e. The highest BCUT2D eigenvalue weighted by Crippen LogP contribution is 2.39. The summed E-state index contributed by atoms with van der Waals surface area (Å²) in [6.07, 6.45) is -2.37. The van der Waals surface area contributed by atoms with Crippen LogP contribution in [0.1, 0.15) is 24.4 Å². The number of esters is 1. The van der Waals surface area contributed by atoms with Gasteiger partial charge in [-0.05, 0) is 30.9 Å². The maximum Gasteiger partial charge on any atom is 0.491 e. The maximum absolute atomic E-state index is 12.6. The van der Waals surface area contributed by atoms with Crippen LogP contribution in [0.25, 0.3) is 0 Å². The zero-order valence-electron chi connectivity index (χ0n) is 15.5. The molecule has 11 heteroatoms. The lowest BCUT2D eigenvalue weighted by Gasteiger charge is -2.36. The average molecular weight is 464 g/mol. The summed E-state index contributed by atoms with van der Waals surface area (Å²) in [6.45, 7) is 1.20. The van der Waals surface area contributed by atoms with Crippen LogP contribution in [-0.4, -0.2) is 30.2 Å². The van der Waals surface area contributed by atoms with Crippen LogP contribution >= 0.6 is 23.2 Å². The van der Waals surface area contributed by atoms with Gasteiger partial charge in [0.25, 0.3) is 0 Å². The normalized spacial score (nSPS) is 16.4. The van der Waals surface area contributed by atoms with E-state index in [2.05, 4.69) is 9.72 Å². The van der Waals surface area contributed by atoms with Gasteiger partial charge in [-0.15, -0.1) is 0 Å². The molecule has 2 heterocycles. The Kier molecular flexibility index (Phi) is 6.64. The number of halogens is 5. The fraction of sp³-hybridized carbons (Fsp3) is 0.368. The molecule has 1 fully saturated rings. The van der Waals surface area contributed by atoms with Crippen molar-refractivity contribution in [3.63, 3.8) is 0 Å². The molecule has 0 bridgehead atoms. The van der Waals surface area contributed by atoms with Crippen LogP contribution in [0.2, 0.25) is 10.0 Å². The van der Waals surface area contributed by atoms with E-state index in [4.69, 9.17) is 28.9 Å². The number of ether oxygens (including phenoxy) is 1. The molecule has 0 amide bonds. The molecule has 0 unspecified atom stereocenters. The average Bonchev–Trinajstić information content (AvgIpc) is 2.69. The van der Waals surface area contributed by atoms with Crippen LogP contribution in [0.5, 0.6) is 5.75 Å². The Labute approximate surface area is 179 Å². The summed E-state index contributed by atoms with van der Waals surface area (Å²) in [4.78, 5) is 27.4. The molecular formula is C19H18Cl2F3N3O3. The third kappa shape index (κ3) is 5.08. The van der Waals surface area contributed by atoms with Crippen LogP contribution in [0.3, 0.4) is 0 Å². The third-order valence-electron chi connectivity index (χ3n) is 5.02. The van der Waals surface area contributed by atoms with Gasteiger partial charge in [0.1, 0.15) is 5.75 Å². The van der Waals surface area contributed by atoms with Crippen LogP contribution in [0, 0.1) is 5.92 Å². The van der Waals surface area contributed by atoms with Gasteiger partial charge in [0, 0.05) is 48.7 Å². The highest BCUT2D eigenvalue weighted by atomic mass is 35.5. The second kappa shape index (κ2) is 8.87. The molecule has 0 saturated carbocycles. The van der Waals surface area contributed by atoms with E-state index in [1.54, 1.807) is 12.3 Å². The highest BCUT2D eigenvalue weighted by molar-refractivity contribution is 6.42. The van der Waals surface area contributed by atoms with Crippen molar-refractivity contribution in [3.8, 4) is 5.75 Å². The van der Waals surface area contributed by atoms with Gasteiger partial charge in [-0.3, -0.25) is 4.79 Å². The number of pyridine rings is 1. The third-order valence-corrected chi connectivity index (χ3v) is 5.74. The number of piperidine rings is 1. The fourth-order valence-electron chi connectivity index (χ4n) is 3.45. The minimum absolute atomic E-state index is 0.0540. The number of nitrogens with two attached hydrogens (primary N) is 1. The summed E-state index contributed by atoms with van der Waals surface area (Å²) in [7, 11) is 0. The Balaban J connectivity index is 1.78. The van der Waals surface area contributed by atoms with Crippen molar-refractivity contribution in [2.24, 2.45) is 11.7 Å². The van der Waals surface area contributed by atoms with Crippen molar-refractivity contribution in [3.05, 3.63) is 56.4 Å². The topological polar surface area (TPSA) is 88.4 Å². The van der Waals surface area contributed by atoms with Crippen molar-refractivity contribution in [2.75, 3.05) is 18.0 Å². The zero-order valence-corrected chi connectivity index (χ0v) is 17.0. The van der Waals surface area contributed by atoms with E-state index in [1.807, 2.05) is 4.90 Å². The molecule has 1 atom stereocenters. The zero-order chi connectivity index (χ0) is 22.1. The van der Waals surface area contributed by atoms with Crippen molar-refractivity contribution < 1.29 is 22.7 Å². The Morgan fingerprint density at radius 2 is 1.83 bits per heavy atom. The molecule has 1 saturated heterocycles. The van der Waals surface area contributed by atoms with Gasteiger partial charge in [-0.25, -0.2) is 4.79 Å². The number of H-pyrrole nitrogens is 1. The summed E-state index contributed by atoms with van der Waals surface area (Å²) in [5.41, 5.74) is 7.08. The van der Waals surface area contributed by atoms with Gasteiger partial charge in [0.05, 0.1) is 10.0 Å². The van der Waals surface area contributed by atoms with Gasteiger partial charge >= 0.3 is 12.1 Å². The first-order chi connectivity index (χ1) is 14.1. The quantitative estimate of drug-likeness (QED) is 0.527. The number of carbonyl (C=O) groups is 1. The van der Waals surface area contributed by atoms with Crippen LogP contribution < -0.4 is 20.9 Å². The number of aromatic nitrogens is 1. The molecule has 3 rings (SSSR count). The van der Waals surface area contributed by atoms with E-state index in [1.165, 1.54) is 12.1 Å². The highest BCUT2D eigenvalue weighted by Gasteiger charge is 2.42.